The van der Waals surface area contributed by atoms with E-state index in [0.29, 0.717) is 135 Å². The number of likely N-dealkylation sites (tertiary alicyclic amines) is 5. The van der Waals surface area contributed by atoms with E-state index in [0.717, 1.165) is 44.4 Å². The van der Waals surface area contributed by atoms with Gasteiger partial charge in [-0.15, -0.1) is 0 Å². The molecule has 5 atom stereocenters. The van der Waals surface area contributed by atoms with Crippen molar-refractivity contribution in [1.82, 2.24) is 97.7 Å². The first-order valence-corrected chi connectivity index (χ1v) is 45.8. The van der Waals surface area contributed by atoms with Crippen LogP contribution in [0, 0.1) is 73.1 Å². The Kier molecular flexibility index (Phi) is 28.1. The highest BCUT2D eigenvalue weighted by Crippen LogP contribution is 2.36. The average molecular weight is 1970 g/mol. The third-order valence-electron chi connectivity index (χ3n) is 25.2. The van der Waals surface area contributed by atoms with Crippen molar-refractivity contribution < 1.29 is 63.9 Å². The van der Waals surface area contributed by atoms with E-state index >= 15 is 0 Å². The first kappa shape index (κ1) is 101. The predicted octanol–water partition coefficient (Wildman–Crippen LogP) is 5.45. The highest BCUT2D eigenvalue weighted by Gasteiger charge is 2.45. The van der Waals surface area contributed by atoms with Crippen molar-refractivity contribution >= 4 is 86.0 Å². The van der Waals surface area contributed by atoms with Gasteiger partial charge in [-0.3, -0.25) is 48.0 Å². The molecule has 39 nitrogen and oxygen atoms in total. The minimum Gasteiger partial charge on any atom is -0.394 e. The Balaban J connectivity index is 0.000000131. The Labute approximate surface area is 841 Å². The third-order valence-corrected chi connectivity index (χ3v) is 25.2. The van der Waals surface area contributed by atoms with Gasteiger partial charge in [-0.2, -0.15) is 10.2 Å². The summed E-state index contributed by atoms with van der Waals surface area (Å²) in [6, 6.07) is 44.6. The lowest BCUT2D eigenvalue weighted by molar-refractivity contribution is -0.138. The summed E-state index contributed by atoms with van der Waals surface area (Å²) < 4.78 is 6.60. The fraction of sp³-hybridized carbons (Fsp3) is 0.213. The molecule has 20 rings (SSSR count). The molecule has 5 saturated heterocycles. The first-order valence-electron chi connectivity index (χ1n) is 45.8. The van der Waals surface area contributed by atoms with E-state index in [9.17, 15) is 63.9 Å². The Morgan fingerprint density at radius 3 is 1.26 bits per heavy atom. The van der Waals surface area contributed by atoms with E-state index in [1.54, 1.807) is 170 Å². The number of imidazole rings is 2. The molecule has 5 fully saturated rings. The molecule has 10 aromatic heterocycles. The van der Waals surface area contributed by atoms with Gasteiger partial charge in [0.25, 0.3) is 47.3 Å². The molecule has 738 valence electrons. The number of hydrogen-bond acceptors (Lipinski definition) is 27. The molecule has 8 amide bonds. The summed E-state index contributed by atoms with van der Waals surface area (Å²) in [6.07, 6.45) is 15.0. The number of pyridine rings is 3. The fourth-order valence-corrected chi connectivity index (χ4v) is 16.7. The molecule has 0 spiro atoms. The standard InChI is InChI=1S/2C22H21N5O2.C22H18N4O3.C21H19N7O3.C21H19N5O3/c1-14-12-27-13-18(20(23)28)25-19(21(27)24-14)17-6-4-5-16(11-17)7-8-22(29)9-10-26(3)15(22)2;1-14-12-24-21-19(25-18(20(23)28)13-27(14)21)17-6-4-5-16(11-17)7-8-22(29)9-10-26(3)15(22)2;1-26-11-9-22(29,21(26)28)8-7-14-4-2-5-15(12-14)19-18-16(6-3-10-24-18)13-17(25-19)20(23)27;1-27-11-8-21(31,20(27)30)7-6-13-4-2-5-14(12-13)18-25-16(17(23)29)15(22)19(26-18)28-10-3-9-24-28;1-25-9-8-21(29,20(25)28)7-6-13-4-3-5-14(10-13)18-15-12-23-26(2)17(15)11-16(24-18)19(22)27/h2*4-6,11-13,29H,2,9-10H2,1,3H3,(H2,23,28);2-6,10,12-13,29H,9,11H2,1H3,(H2,23,27);2-5,9-10,12,31H,8,11,22H2,1H3,(H2,23,29);3-5,10-12,29H,8-9H2,1-2H3,(H2,22,27)/t3*22-;2*21-/m00000/s1. The van der Waals surface area contributed by atoms with Gasteiger partial charge < -0.3 is 93.2 Å². The maximum Gasteiger partial charge on any atom is 0.269 e. The number of amides is 8. The quantitative estimate of drug-likeness (QED) is 0.0717. The Morgan fingerprint density at radius 1 is 0.401 bits per heavy atom. The normalized spacial score (nSPS) is 18.5. The summed E-state index contributed by atoms with van der Waals surface area (Å²) >= 11 is 0. The van der Waals surface area contributed by atoms with E-state index in [1.807, 2.05) is 111 Å². The second-order valence-corrected chi connectivity index (χ2v) is 35.7. The number of nitrogens with zero attached hydrogens (tertiary/aromatic N) is 20. The maximum atomic E-state index is 12.1. The summed E-state index contributed by atoms with van der Waals surface area (Å²) in [4.78, 5) is 143. The third kappa shape index (κ3) is 21.4. The number of likely N-dealkylation sites (N-methyl/N-ethyl adjacent to an activating group) is 5. The van der Waals surface area contributed by atoms with Crippen molar-refractivity contribution in [2.75, 3.05) is 73.7 Å². The molecular formula is C108H98N26O13. The van der Waals surface area contributed by atoms with Gasteiger partial charge in [0.1, 0.15) is 39.9 Å². The lowest BCUT2D eigenvalue weighted by Gasteiger charge is -2.19. The molecule has 15 heterocycles. The lowest BCUT2D eigenvalue weighted by Crippen LogP contribution is -2.37. The summed E-state index contributed by atoms with van der Waals surface area (Å²) in [5.41, 5.74) is 40.6. The number of nitrogens with two attached hydrogens (primary N) is 6. The number of anilines is 1. The van der Waals surface area contributed by atoms with Gasteiger partial charge in [0.05, 0.1) is 45.7 Å². The number of primary amides is 5. The van der Waals surface area contributed by atoms with Crippen LogP contribution in [0.1, 0.15) is 124 Å². The zero-order valence-electron chi connectivity index (χ0n) is 80.9. The topological polar surface area (TPSA) is 571 Å². The zero-order valence-corrected chi connectivity index (χ0v) is 80.9. The van der Waals surface area contributed by atoms with Crippen molar-refractivity contribution in [3.8, 4) is 121 Å². The second kappa shape index (κ2) is 40.9. The molecule has 39 heteroatoms. The molecule has 17 N–H and O–H groups in total. The van der Waals surface area contributed by atoms with Crippen molar-refractivity contribution in [3.63, 3.8) is 0 Å². The zero-order chi connectivity index (χ0) is 105. The van der Waals surface area contributed by atoms with Gasteiger partial charge in [0, 0.05) is 223 Å². The van der Waals surface area contributed by atoms with Crippen LogP contribution in [0.25, 0.3) is 95.3 Å². The van der Waals surface area contributed by atoms with Gasteiger partial charge in [0.15, 0.2) is 39.8 Å². The number of rotatable bonds is 11. The molecule has 147 heavy (non-hydrogen) atoms. The highest BCUT2D eigenvalue weighted by molar-refractivity contribution is 6.03. The fourth-order valence-electron chi connectivity index (χ4n) is 16.7. The van der Waals surface area contributed by atoms with Crippen LogP contribution >= 0.6 is 0 Å². The second-order valence-electron chi connectivity index (χ2n) is 35.7. The molecule has 0 bridgehead atoms. The number of nitrogen functional groups attached to an aromatic ring is 1. The highest BCUT2D eigenvalue weighted by atomic mass is 16.3. The molecular weight excluding hydrogens is 1870 g/mol. The van der Waals surface area contributed by atoms with Crippen LogP contribution in [-0.4, -0.2) is 266 Å². The van der Waals surface area contributed by atoms with Crippen LogP contribution in [0.2, 0.25) is 0 Å². The van der Waals surface area contributed by atoms with Gasteiger partial charge in [-0.1, -0.05) is 139 Å². The maximum absolute atomic E-state index is 12.1. The minimum atomic E-state index is -1.70. The van der Waals surface area contributed by atoms with Gasteiger partial charge in [-0.05, 0) is 98.8 Å². The predicted molar refractivity (Wildman–Crippen MR) is 546 cm³/mol. The van der Waals surface area contributed by atoms with Crippen LogP contribution in [0.3, 0.4) is 0 Å². The van der Waals surface area contributed by atoms with E-state index < -0.39 is 75.3 Å². The summed E-state index contributed by atoms with van der Waals surface area (Å²) in [5.74, 6) is 24.6. The molecule has 5 aliphatic rings. The Bertz CT molecular complexity index is 8000. The van der Waals surface area contributed by atoms with Crippen LogP contribution in [0.4, 0.5) is 5.69 Å². The van der Waals surface area contributed by atoms with Crippen molar-refractivity contribution in [1.29, 1.82) is 0 Å². The molecule has 0 saturated carbocycles. The number of aromatic nitrogens is 15. The molecule has 0 radical (unpaired) electrons. The van der Waals surface area contributed by atoms with E-state index in [1.165, 1.54) is 19.4 Å². The smallest absolute Gasteiger partial charge is 0.269 e. The summed E-state index contributed by atoms with van der Waals surface area (Å²) in [5, 5.41) is 62.8. The summed E-state index contributed by atoms with van der Waals surface area (Å²) in [6.45, 7) is 14.4. The molecule has 5 aromatic carbocycles. The number of aliphatic hydroxyl groups is 5. The average Bonchev–Trinajstić information content (AvgIpc) is 1.74. The molecule has 15 aromatic rings. The number of aryl methyl sites for hydroxylation is 3. The van der Waals surface area contributed by atoms with Crippen LogP contribution in [-0.2, 0) is 21.4 Å². The largest absolute Gasteiger partial charge is 0.394 e. The van der Waals surface area contributed by atoms with Crippen LogP contribution in [0.15, 0.2) is 226 Å². The number of hydrogen-bond donors (Lipinski definition) is 11. The van der Waals surface area contributed by atoms with E-state index in [-0.39, 0.29) is 65.1 Å². The Hall–Kier alpha value is -18.9. The van der Waals surface area contributed by atoms with Gasteiger partial charge in [0.2, 0.25) is 16.8 Å². The van der Waals surface area contributed by atoms with Gasteiger partial charge in [-0.25, -0.2) is 44.6 Å². The van der Waals surface area contributed by atoms with Crippen molar-refractivity contribution in [2.24, 2.45) is 35.7 Å². The molecule has 0 unspecified atom stereocenters. The van der Waals surface area contributed by atoms with Crippen molar-refractivity contribution in [2.45, 2.75) is 74.0 Å². The number of benzene rings is 5. The monoisotopic (exact) mass is 1970 g/mol. The molecule has 5 aliphatic heterocycles. The summed E-state index contributed by atoms with van der Waals surface area (Å²) in [7, 11) is 10.4. The van der Waals surface area contributed by atoms with Crippen molar-refractivity contribution in [3.05, 3.63) is 293 Å². The number of fused-ring (bicyclic) bond motifs is 4. The van der Waals surface area contributed by atoms with Crippen LogP contribution in [0.5, 0.6) is 0 Å². The van der Waals surface area contributed by atoms with E-state index in [4.69, 9.17) is 34.4 Å². The first-order chi connectivity index (χ1) is 70.0. The number of carbonyl (C=O) groups excluding carboxylic acids is 8. The number of carbonyl (C=O) groups is 8. The molecule has 0 aliphatic carbocycles. The SMILES string of the molecule is C=C1N(C)CC[C@@]1(O)C#Cc1cccc(-c2nc(C(N)=O)cn3c(C)cnc23)c1.C=C1N(C)CC[C@@]1(O)C#Cc1cccc(-c2nc(C(N)=O)cn3cc(C)nc23)c1.CN1CC[C@@](O)(C#Cc2cccc(-c3nc(C(N)=O)c(N)c(-n4cccn4)n3)c2)C1=O.CN1CC[C@@](O)(C#Cc2cccc(-c3nc(C(N)=O)cc4c3cnn4C)c2)C1=O.CN1CC[C@@](O)(C#Cc2cccc(-c3nc(C(N)=O)cc4cccnc34)c2)C1=O. The van der Waals surface area contributed by atoms with E-state index in [2.05, 4.69) is 127 Å². The Morgan fingerprint density at radius 2 is 0.816 bits per heavy atom. The van der Waals surface area contributed by atoms with Gasteiger partial charge >= 0.3 is 0 Å². The van der Waals surface area contributed by atoms with Crippen LogP contribution < -0.4 is 34.4 Å². The minimum absolute atomic E-state index is 0.0157. The lowest BCUT2D eigenvalue weighted by atomic mass is 10.00.